The van der Waals surface area contributed by atoms with E-state index in [0.717, 1.165) is 37.1 Å². The molecule has 5 heterocycles. The number of ether oxygens (including phenoxy) is 2. The van der Waals surface area contributed by atoms with Gasteiger partial charge in [-0.25, -0.2) is 9.78 Å². The Bertz CT molecular complexity index is 1270. The maximum Gasteiger partial charge on any atom is 0.324 e. The summed E-state index contributed by atoms with van der Waals surface area (Å²) in [6.07, 6.45) is 4.80. The second-order valence-corrected chi connectivity index (χ2v) is 10.6. The van der Waals surface area contributed by atoms with E-state index in [1.54, 1.807) is 16.9 Å². The van der Waals surface area contributed by atoms with E-state index < -0.39 is 6.17 Å². The number of hydrogen-bond acceptors (Lipinski definition) is 9. The fourth-order valence-corrected chi connectivity index (χ4v) is 5.89. The van der Waals surface area contributed by atoms with Crippen LogP contribution in [-0.4, -0.2) is 98.0 Å². The van der Waals surface area contributed by atoms with E-state index in [4.69, 9.17) is 9.47 Å². The van der Waals surface area contributed by atoms with Gasteiger partial charge in [0.25, 0.3) is 0 Å². The molecule has 3 atom stereocenters. The Labute approximate surface area is 233 Å². The summed E-state index contributed by atoms with van der Waals surface area (Å²) in [5.41, 5.74) is 3.09. The lowest BCUT2D eigenvalue weighted by Gasteiger charge is -2.35. The molecular formula is C28H35N7O5. The van der Waals surface area contributed by atoms with Crippen LogP contribution < -0.4 is 10.2 Å². The minimum absolute atomic E-state index is 0.0301. The number of urea groups is 1. The summed E-state index contributed by atoms with van der Waals surface area (Å²) < 4.78 is 10.8. The van der Waals surface area contributed by atoms with Crippen LogP contribution in [0.15, 0.2) is 22.3 Å². The van der Waals surface area contributed by atoms with Crippen molar-refractivity contribution in [2.24, 2.45) is 10.9 Å². The number of amides is 3. The van der Waals surface area contributed by atoms with Crippen LogP contribution in [0.5, 0.6) is 0 Å². The largest absolute Gasteiger partial charge is 0.380 e. The van der Waals surface area contributed by atoms with E-state index in [0.29, 0.717) is 55.9 Å². The third-order valence-electron chi connectivity index (χ3n) is 8.04. The number of anilines is 1. The lowest BCUT2D eigenvalue weighted by molar-refractivity contribution is -0.134. The van der Waals surface area contributed by atoms with Gasteiger partial charge < -0.3 is 24.6 Å². The molecule has 2 fully saturated rings. The number of methoxy groups -OCH3 is 1. The molecule has 12 heteroatoms. The number of aromatic nitrogens is 1. The number of hydrogen-bond donors (Lipinski definition) is 1. The number of dihydropyridines is 1. The van der Waals surface area contributed by atoms with Crippen LogP contribution in [0.4, 0.5) is 10.6 Å². The summed E-state index contributed by atoms with van der Waals surface area (Å²) >= 11 is 0. The molecule has 40 heavy (non-hydrogen) atoms. The molecule has 5 rings (SSSR count). The van der Waals surface area contributed by atoms with E-state index in [2.05, 4.69) is 26.3 Å². The first-order valence-electron chi connectivity index (χ1n) is 13.8. The number of aliphatic imine (C=N–C) groups is 1. The second-order valence-electron chi connectivity index (χ2n) is 10.6. The molecule has 0 bridgehead atoms. The topological polar surface area (TPSA) is 140 Å². The van der Waals surface area contributed by atoms with Gasteiger partial charge in [-0.15, -0.1) is 0 Å². The Morgan fingerprint density at radius 2 is 2.17 bits per heavy atom. The molecule has 2 saturated heterocycles. The van der Waals surface area contributed by atoms with Gasteiger partial charge in [0.15, 0.2) is 6.29 Å². The van der Waals surface area contributed by atoms with Crippen molar-refractivity contribution in [3.8, 4) is 6.07 Å². The van der Waals surface area contributed by atoms with Gasteiger partial charge in [0, 0.05) is 69.8 Å². The molecule has 1 aromatic rings. The number of carbonyl (C=O) groups excluding carboxylic acids is 3. The molecule has 0 aromatic carbocycles. The molecule has 212 valence electrons. The number of allylic oxidation sites excluding steroid dienone is 1. The predicted octanol–water partition coefficient (Wildman–Crippen LogP) is 1.65. The van der Waals surface area contributed by atoms with E-state index in [1.807, 2.05) is 13.0 Å². The molecule has 1 N–H and O–H groups in total. The number of nitriles is 1. The number of carbonyl (C=O) groups is 3. The quantitative estimate of drug-likeness (QED) is 0.528. The van der Waals surface area contributed by atoms with Crippen LogP contribution >= 0.6 is 0 Å². The number of aldehydes is 1. The lowest BCUT2D eigenvalue weighted by Crippen LogP contribution is -2.50. The van der Waals surface area contributed by atoms with Gasteiger partial charge in [0.1, 0.15) is 30.4 Å². The zero-order chi connectivity index (χ0) is 28.2. The van der Waals surface area contributed by atoms with E-state index in [9.17, 15) is 19.6 Å². The maximum absolute atomic E-state index is 13.6. The minimum Gasteiger partial charge on any atom is -0.380 e. The Balaban J connectivity index is 1.33. The Morgan fingerprint density at radius 1 is 1.32 bits per heavy atom. The SMILES string of the molecule is COC1CCN(C2=C(C#N)C=NC(NC(=O)N3CCCc4cc(CN5CCCOCC5=O)c(C=O)nc43)C2C)C1. The van der Waals surface area contributed by atoms with Crippen molar-refractivity contribution >= 4 is 30.3 Å². The minimum atomic E-state index is -0.562. The number of likely N-dealkylation sites (tertiary alicyclic amines) is 1. The van der Waals surface area contributed by atoms with Crippen molar-refractivity contribution < 1.29 is 23.9 Å². The van der Waals surface area contributed by atoms with Gasteiger partial charge in [-0.1, -0.05) is 6.92 Å². The predicted molar refractivity (Wildman–Crippen MR) is 146 cm³/mol. The Hall–Kier alpha value is -3.82. The standard InChI is InChI=1S/C28H35N7O5/c1-18-25(34-9-6-22(15-34)39-2)21(12-29)13-30-26(18)32-28(38)35-8-3-5-19-11-20(23(16-36)31-27(19)35)14-33-7-4-10-40-17-24(33)37/h11,13,16,18,22,26H,3-10,14-15,17H2,1-2H3,(H,32,38). The van der Waals surface area contributed by atoms with Crippen molar-refractivity contribution in [2.75, 3.05) is 51.4 Å². The summed E-state index contributed by atoms with van der Waals surface area (Å²) in [7, 11) is 1.69. The van der Waals surface area contributed by atoms with Crippen LogP contribution in [-0.2, 0) is 27.2 Å². The average molecular weight is 550 g/mol. The van der Waals surface area contributed by atoms with Crippen LogP contribution in [0.3, 0.4) is 0 Å². The van der Waals surface area contributed by atoms with Crippen molar-refractivity contribution in [1.29, 1.82) is 5.26 Å². The number of fused-ring (bicyclic) bond motifs is 1. The first kappa shape index (κ1) is 27.7. The highest BCUT2D eigenvalue weighted by Crippen LogP contribution is 2.32. The van der Waals surface area contributed by atoms with Crippen LogP contribution in [0.2, 0.25) is 0 Å². The number of pyridine rings is 1. The fraction of sp³-hybridized carbons (Fsp3) is 0.571. The van der Waals surface area contributed by atoms with E-state index in [1.165, 1.54) is 6.21 Å². The molecule has 0 spiro atoms. The Morgan fingerprint density at radius 3 is 2.92 bits per heavy atom. The third-order valence-corrected chi connectivity index (χ3v) is 8.04. The van der Waals surface area contributed by atoms with Crippen LogP contribution in [0, 0.1) is 17.2 Å². The average Bonchev–Trinajstić information content (AvgIpc) is 3.35. The van der Waals surface area contributed by atoms with Gasteiger partial charge in [-0.05, 0) is 37.3 Å². The van der Waals surface area contributed by atoms with Crippen molar-refractivity contribution in [2.45, 2.75) is 51.4 Å². The van der Waals surface area contributed by atoms with Gasteiger partial charge in [0.2, 0.25) is 5.91 Å². The summed E-state index contributed by atoms with van der Waals surface area (Å²) in [4.78, 5) is 52.5. The third kappa shape index (κ3) is 5.57. The number of nitrogens with one attached hydrogen (secondary N) is 1. The number of aryl methyl sites for hydroxylation is 1. The molecule has 0 aliphatic carbocycles. The lowest BCUT2D eigenvalue weighted by atomic mass is 9.96. The van der Waals surface area contributed by atoms with Gasteiger partial charge in [-0.2, -0.15) is 5.26 Å². The van der Waals surface area contributed by atoms with Gasteiger partial charge in [0.05, 0.1) is 11.7 Å². The highest BCUT2D eigenvalue weighted by Gasteiger charge is 2.36. The van der Waals surface area contributed by atoms with Gasteiger partial charge >= 0.3 is 6.03 Å². The highest BCUT2D eigenvalue weighted by atomic mass is 16.5. The molecule has 4 aliphatic rings. The molecule has 12 nitrogen and oxygen atoms in total. The number of nitrogens with zero attached hydrogens (tertiary/aromatic N) is 6. The molecule has 4 aliphatic heterocycles. The maximum atomic E-state index is 13.6. The van der Waals surface area contributed by atoms with Gasteiger partial charge in [-0.3, -0.25) is 19.5 Å². The normalized spacial score (nSPS) is 25.0. The van der Waals surface area contributed by atoms with Crippen molar-refractivity contribution in [1.82, 2.24) is 20.1 Å². The van der Waals surface area contributed by atoms with Crippen LogP contribution in [0.1, 0.15) is 47.8 Å². The summed E-state index contributed by atoms with van der Waals surface area (Å²) in [5, 5.41) is 12.8. The summed E-state index contributed by atoms with van der Waals surface area (Å²) in [5.74, 6) is 0.109. The summed E-state index contributed by atoms with van der Waals surface area (Å²) in [6, 6.07) is 3.78. The molecule has 1 aromatic heterocycles. The second kappa shape index (κ2) is 12.1. The molecule has 0 saturated carbocycles. The number of rotatable bonds is 6. The molecule has 3 amide bonds. The van der Waals surface area contributed by atoms with E-state index in [-0.39, 0.29) is 42.8 Å². The highest BCUT2D eigenvalue weighted by molar-refractivity contribution is 5.94. The smallest absolute Gasteiger partial charge is 0.324 e. The first-order valence-corrected chi connectivity index (χ1v) is 13.8. The Kier molecular flexibility index (Phi) is 8.42. The van der Waals surface area contributed by atoms with Crippen LogP contribution in [0.25, 0.3) is 0 Å². The fourth-order valence-electron chi connectivity index (χ4n) is 5.89. The van der Waals surface area contributed by atoms with E-state index >= 15 is 0 Å². The van der Waals surface area contributed by atoms with Crippen molar-refractivity contribution in [3.05, 3.63) is 34.2 Å². The first-order chi connectivity index (χ1) is 19.4. The monoisotopic (exact) mass is 549 g/mol. The zero-order valence-electron chi connectivity index (χ0n) is 23.0. The molecule has 0 radical (unpaired) electrons. The molecular weight excluding hydrogens is 514 g/mol. The summed E-state index contributed by atoms with van der Waals surface area (Å²) in [6.45, 7) is 5.25. The molecule has 3 unspecified atom stereocenters. The van der Waals surface area contributed by atoms with Crippen molar-refractivity contribution in [3.63, 3.8) is 0 Å². The zero-order valence-corrected chi connectivity index (χ0v) is 23.0.